The smallest absolute Gasteiger partial charge is 0.166 e. The highest BCUT2D eigenvalue weighted by molar-refractivity contribution is 5.61. The van der Waals surface area contributed by atoms with Crippen LogP contribution in [0.15, 0.2) is 47.1 Å². The highest BCUT2D eigenvalue weighted by Crippen LogP contribution is 2.25. The third kappa shape index (κ3) is 4.17. The van der Waals surface area contributed by atoms with Crippen LogP contribution in [0.4, 0.5) is 5.82 Å². The van der Waals surface area contributed by atoms with Crippen molar-refractivity contribution in [1.29, 1.82) is 0 Å². The van der Waals surface area contributed by atoms with E-state index in [9.17, 15) is 0 Å². The molecule has 2 aromatic heterocycles. The average Bonchev–Trinajstić information content (AvgIpc) is 3.03. The second-order valence-corrected chi connectivity index (χ2v) is 7.15. The Balaban J connectivity index is 1.36. The van der Waals surface area contributed by atoms with E-state index in [-0.39, 0.29) is 0 Å². The van der Waals surface area contributed by atoms with Crippen molar-refractivity contribution >= 4 is 5.82 Å². The first-order valence-electron chi connectivity index (χ1n) is 9.48. The molecule has 6 nitrogen and oxygen atoms in total. The topological polar surface area (TPSA) is 67.1 Å². The van der Waals surface area contributed by atoms with Crippen molar-refractivity contribution in [2.75, 3.05) is 18.4 Å². The lowest BCUT2D eigenvalue weighted by Gasteiger charge is -2.32. The molecule has 27 heavy (non-hydrogen) atoms. The summed E-state index contributed by atoms with van der Waals surface area (Å²) in [5.41, 5.74) is 3.08. The third-order valence-corrected chi connectivity index (χ3v) is 5.10. The Morgan fingerprint density at radius 1 is 1.11 bits per heavy atom. The molecule has 1 aliphatic rings. The van der Waals surface area contributed by atoms with Gasteiger partial charge >= 0.3 is 0 Å². The van der Waals surface area contributed by atoms with Crippen molar-refractivity contribution in [2.45, 2.75) is 39.3 Å². The van der Waals surface area contributed by atoms with Gasteiger partial charge in [-0.05, 0) is 38.3 Å². The van der Waals surface area contributed by atoms with Gasteiger partial charge in [0.05, 0.1) is 11.3 Å². The van der Waals surface area contributed by atoms with Crippen LogP contribution in [0.2, 0.25) is 0 Å². The predicted octanol–water partition coefficient (Wildman–Crippen LogP) is 3.82. The number of hydrogen-bond donors (Lipinski definition) is 1. The Morgan fingerprint density at radius 3 is 2.59 bits per heavy atom. The fourth-order valence-electron chi connectivity index (χ4n) is 3.65. The van der Waals surface area contributed by atoms with Gasteiger partial charge in [-0.15, -0.1) is 0 Å². The van der Waals surface area contributed by atoms with Crippen LogP contribution in [-0.4, -0.2) is 39.2 Å². The number of nitrogens with one attached hydrogen (secondary N) is 1. The quantitative estimate of drug-likeness (QED) is 0.743. The highest BCUT2D eigenvalue weighted by atomic mass is 16.5. The van der Waals surface area contributed by atoms with Gasteiger partial charge in [0.2, 0.25) is 0 Å². The van der Waals surface area contributed by atoms with Crippen LogP contribution < -0.4 is 5.32 Å². The Bertz CT molecular complexity index is 865. The zero-order chi connectivity index (χ0) is 18.6. The Kier molecular flexibility index (Phi) is 5.16. The maximum atomic E-state index is 5.24. The molecule has 0 amide bonds. The SMILES string of the molecule is Cc1noc(C)c1-c1nccc(NC2CCN(Cc3ccccc3)CC2)n1. The number of piperidine rings is 1. The molecule has 1 aliphatic heterocycles. The molecule has 0 radical (unpaired) electrons. The van der Waals surface area contributed by atoms with Crippen LogP contribution in [0, 0.1) is 13.8 Å². The number of likely N-dealkylation sites (tertiary alicyclic amines) is 1. The van der Waals surface area contributed by atoms with Gasteiger partial charge in [-0.1, -0.05) is 35.5 Å². The highest BCUT2D eigenvalue weighted by Gasteiger charge is 2.20. The number of benzene rings is 1. The molecule has 140 valence electrons. The molecule has 0 unspecified atom stereocenters. The van der Waals surface area contributed by atoms with Gasteiger partial charge in [0, 0.05) is 31.9 Å². The molecule has 3 heterocycles. The molecule has 1 N–H and O–H groups in total. The lowest BCUT2D eigenvalue weighted by molar-refractivity contribution is 0.211. The minimum absolute atomic E-state index is 0.435. The average molecular weight is 363 g/mol. The first-order valence-corrected chi connectivity index (χ1v) is 9.48. The minimum atomic E-state index is 0.435. The molecule has 0 bridgehead atoms. The molecule has 1 saturated heterocycles. The van der Waals surface area contributed by atoms with Gasteiger partial charge in [0.15, 0.2) is 5.82 Å². The first kappa shape index (κ1) is 17.7. The monoisotopic (exact) mass is 363 g/mol. The maximum absolute atomic E-state index is 5.24. The summed E-state index contributed by atoms with van der Waals surface area (Å²) in [4.78, 5) is 11.6. The van der Waals surface area contributed by atoms with Crippen molar-refractivity contribution in [3.8, 4) is 11.4 Å². The number of rotatable bonds is 5. The summed E-state index contributed by atoms with van der Waals surface area (Å²) in [6.45, 7) is 7.01. The fourth-order valence-corrected chi connectivity index (χ4v) is 3.65. The van der Waals surface area contributed by atoms with Crippen LogP contribution >= 0.6 is 0 Å². The van der Waals surface area contributed by atoms with E-state index in [0.717, 1.165) is 55.3 Å². The summed E-state index contributed by atoms with van der Waals surface area (Å²) in [6, 6.07) is 13.0. The van der Waals surface area contributed by atoms with Gasteiger partial charge in [-0.2, -0.15) is 0 Å². The molecule has 0 atom stereocenters. The lowest BCUT2D eigenvalue weighted by Crippen LogP contribution is -2.38. The second kappa shape index (κ2) is 7.88. The van der Waals surface area contributed by atoms with Gasteiger partial charge in [0.25, 0.3) is 0 Å². The third-order valence-electron chi connectivity index (χ3n) is 5.10. The molecule has 3 aromatic rings. The Labute approximate surface area is 159 Å². The van der Waals surface area contributed by atoms with Gasteiger partial charge < -0.3 is 9.84 Å². The van der Waals surface area contributed by atoms with Gasteiger partial charge in [-0.3, -0.25) is 4.90 Å². The Hall–Kier alpha value is -2.73. The number of aromatic nitrogens is 3. The number of aryl methyl sites for hydroxylation is 2. The molecule has 1 fully saturated rings. The molecule has 4 rings (SSSR count). The largest absolute Gasteiger partial charge is 0.367 e. The molecule has 1 aromatic carbocycles. The Morgan fingerprint density at radius 2 is 1.89 bits per heavy atom. The van der Waals surface area contributed by atoms with Crippen LogP contribution in [0.5, 0.6) is 0 Å². The summed E-state index contributed by atoms with van der Waals surface area (Å²) < 4.78 is 5.24. The minimum Gasteiger partial charge on any atom is -0.367 e. The maximum Gasteiger partial charge on any atom is 0.166 e. The molecular weight excluding hydrogens is 338 g/mol. The van der Waals surface area contributed by atoms with E-state index >= 15 is 0 Å². The van der Waals surface area contributed by atoms with E-state index in [4.69, 9.17) is 4.52 Å². The normalized spacial score (nSPS) is 15.8. The summed E-state index contributed by atoms with van der Waals surface area (Å²) in [7, 11) is 0. The lowest BCUT2D eigenvalue weighted by atomic mass is 10.0. The molecule has 0 aliphatic carbocycles. The summed E-state index contributed by atoms with van der Waals surface area (Å²) in [5.74, 6) is 2.28. The number of hydrogen-bond acceptors (Lipinski definition) is 6. The van der Waals surface area contributed by atoms with E-state index in [1.54, 1.807) is 6.20 Å². The first-order chi connectivity index (χ1) is 13.2. The number of nitrogens with zero attached hydrogens (tertiary/aromatic N) is 4. The predicted molar refractivity (Wildman–Crippen MR) is 105 cm³/mol. The summed E-state index contributed by atoms with van der Waals surface area (Å²) in [5, 5.41) is 7.58. The number of anilines is 1. The molecule has 6 heteroatoms. The zero-order valence-corrected chi connectivity index (χ0v) is 15.9. The van der Waals surface area contributed by atoms with Crippen molar-refractivity contribution in [3.63, 3.8) is 0 Å². The molecule has 0 saturated carbocycles. The molecule has 0 spiro atoms. The standard InChI is InChI=1S/C21H25N5O/c1-15-20(16(2)27-25-15)21-22-11-8-19(24-21)23-18-9-12-26(13-10-18)14-17-6-4-3-5-7-17/h3-8,11,18H,9-10,12-14H2,1-2H3,(H,22,23,24). The van der Waals surface area contributed by atoms with E-state index < -0.39 is 0 Å². The van der Waals surface area contributed by atoms with Crippen molar-refractivity contribution in [1.82, 2.24) is 20.0 Å². The second-order valence-electron chi connectivity index (χ2n) is 7.15. The van der Waals surface area contributed by atoms with Crippen LogP contribution in [0.25, 0.3) is 11.4 Å². The fraction of sp³-hybridized carbons (Fsp3) is 0.381. The van der Waals surface area contributed by atoms with Crippen molar-refractivity contribution < 1.29 is 4.52 Å². The summed E-state index contributed by atoms with van der Waals surface area (Å²) >= 11 is 0. The molecular formula is C21H25N5O. The van der Waals surface area contributed by atoms with Crippen molar-refractivity contribution in [3.05, 3.63) is 59.6 Å². The van der Waals surface area contributed by atoms with E-state index in [0.29, 0.717) is 11.9 Å². The van der Waals surface area contributed by atoms with Crippen LogP contribution in [0.1, 0.15) is 29.9 Å². The van der Waals surface area contributed by atoms with E-state index in [2.05, 4.69) is 55.7 Å². The van der Waals surface area contributed by atoms with Crippen LogP contribution in [0.3, 0.4) is 0 Å². The van der Waals surface area contributed by atoms with E-state index in [1.165, 1.54) is 5.56 Å². The van der Waals surface area contributed by atoms with Crippen molar-refractivity contribution in [2.24, 2.45) is 0 Å². The van der Waals surface area contributed by atoms with E-state index in [1.807, 2.05) is 19.9 Å². The zero-order valence-electron chi connectivity index (χ0n) is 15.9. The van der Waals surface area contributed by atoms with Crippen LogP contribution in [-0.2, 0) is 6.54 Å². The van der Waals surface area contributed by atoms with Gasteiger partial charge in [0.1, 0.15) is 11.6 Å². The summed E-state index contributed by atoms with van der Waals surface area (Å²) in [6.07, 6.45) is 4.01. The van der Waals surface area contributed by atoms with Gasteiger partial charge in [-0.25, -0.2) is 9.97 Å².